The van der Waals surface area contributed by atoms with Crippen molar-refractivity contribution in [1.29, 1.82) is 0 Å². The second-order valence-electron chi connectivity index (χ2n) is 4.18. The number of benzene rings is 1. The number of amides is 1. The molecule has 4 N–H and O–H groups in total. The molecule has 1 aromatic carbocycles. The Hall–Kier alpha value is -2.61. The number of rotatable bonds is 4. The molecule has 2 aromatic rings. The third-order valence-electron chi connectivity index (χ3n) is 2.81. The molecule has 0 fully saturated rings. The Morgan fingerprint density at radius 1 is 1.43 bits per heavy atom. The van der Waals surface area contributed by atoms with Gasteiger partial charge in [0.15, 0.2) is 0 Å². The van der Waals surface area contributed by atoms with Crippen molar-refractivity contribution in [3.8, 4) is 5.75 Å². The highest BCUT2D eigenvalue weighted by atomic mass is 32.1. The number of nitrogens with zero attached hydrogens (tertiary/aromatic N) is 1. The fourth-order valence-electron chi connectivity index (χ4n) is 1.74. The van der Waals surface area contributed by atoms with E-state index in [1.165, 1.54) is 13.2 Å². The van der Waals surface area contributed by atoms with E-state index in [2.05, 4.69) is 9.69 Å². The van der Waals surface area contributed by atoms with Gasteiger partial charge in [-0.1, -0.05) is 0 Å². The zero-order valence-electron chi connectivity index (χ0n) is 11.3. The van der Waals surface area contributed by atoms with E-state index in [0.717, 1.165) is 11.5 Å². The summed E-state index contributed by atoms with van der Waals surface area (Å²) in [6, 6.07) is 4.66. The third-order valence-corrected chi connectivity index (χ3v) is 3.66. The van der Waals surface area contributed by atoms with Crippen molar-refractivity contribution in [3.63, 3.8) is 0 Å². The molecule has 0 radical (unpaired) electrons. The number of aryl methyl sites for hydroxylation is 1. The summed E-state index contributed by atoms with van der Waals surface area (Å²) in [6.07, 6.45) is 0. The van der Waals surface area contributed by atoms with Crippen LogP contribution in [0.4, 0.5) is 10.7 Å². The Morgan fingerprint density at radius 3 is 2.76 bits per heavy atom. The van der Waals surface area contributed by atoms with Crippen LogP contribution in [0.3, 0.4) is 0 Å². The maximum Gasteiger partial charge on any atom is 0.340 e. The van der Waals surface area contributed by atoms with Gasteiger partial charge in [0.1, 0.15) is 16.3 Å². The monoisotopic (exact) mass is 307 g/mol. The smallest absolute Gasteiger partial charge is 0.340 e. The van der Waals surface area contributed by atoms with Gasteiger partial charge in [0.05, 0.1) is 18.4 Å². The molecular formula is C13H13N3O4S. The standard InChI is InChI=1S/C13H13N3O4S/c1-6-10(13(18)19)12(21-16-6)15-11(17)8-5-7(20-2)3-4-9(8)14/h3-5H,14H2,1-2H3,(H,15,17)(H,18,19). The molecule has 0 bridgehead atoms. The van der Waals surface area contributed by atoms with Crippen LogP contribution in [0.15, 0.2) is 18.2 Å². The highest BCUT2D eigenvalue weighted by molar-refractivity contribution is 7.11. The Morgan fingerprint density at radius 2 is 2.14 bits per heavy atom. The lowest BCUT2D eigenvalue weighted by atomic mass is 10.1. The summed E-state index contributed by atoms with van der Waals surface area (Å²) in [7, 11) is 1.47. The van der Waals surface area contributed by atoms with E-state index in [4.69, 9.17) is 15.6 Å². The van der Waals surface area contributed by atoms with Gasteiger partial charge >= 0.3 is 5.97 Å². The molecule has 2 rings (SSSR count). The summed E-state index contributed by atoms with van der Waals surface area (Å²) in [5, 5.41) is 11.8. The summed E-state index contributed by atoms with van der Waals surface area (Å²) >= 11 is 0.908. The molecule has 0 aliphatic rings. The Kier molecular flexibility index (Phi) is 4.08. The number of hydrogen-bond donors (Lipinski definition) is 3. The zero-order chi connectivity index (χ0) is 15.6. The van der Waals surface area contributed by atoms with Crippen molar-refractivity contribution in [2.45, 2.75) is 6.92 Å². The lowest BCUT2D eigenvalue weighted by Crippen LogP contribution is -2.15. The number of carboxylic acids is 1. The minimum absolute atomic E-state index is 0.0187. The first kappa shape index (κ1) is 14.8. The van der Waals surface area contributed by atoms with Crippen molar-refractivity contribution in [1.82, 2.24) is 4.37 Å². The van der Waals surface area contributed by atoms with Gasteiger partial charge in [0.25, 0.3) is 5.91 Å². The van der Waals surface area contributed by atoms with Crippen LogP contribution in [0.25, 0.3) is 0 Å². The van der Waals surface area contributed by atoms with Crippen LogP contribution in [-0.2, 0) is 0 Å². The lowest BCUT2D eigenvalue weighted by Gasteiger charge is -2.08. The number of hydrogen-bond acceptors (Lipinski definition) is 6. The summed E-state index contributed by atoms with van der Waals surface area (Å²) < 4.78 is 8.97. The van der Waals surface area contributed by atoms with E-state index in [0.29, 0.717) is 11.4 Å². The number of nitrogen functional groups attached to an aromatic ring is 1. The average molecular weight is 307 g/mol. The van der Waals surface area contributed by atoms with Gasteiger partial charge in [-0.2, -0.15) is 4.37 Å². The van der Waals surface area contributed by atoms with E-state index in [9.17, 15) is 9.59 Å². The molecular weight excluding hydrogens is 294 g/mol. The number of methoxy groups -OCH3 is 1. The van der Waals surface area contributed by atoms with Crippen LogP contribution in [-0.4, -0.2) is 28.5 Å². The molecule has 1 amide bonds. The first-order chi connectivity index (χ1) is 9.93. The van der Waals surface area contributed by atoms with Crippen LogP contribution in [0.2, 0.25) is 0 Å². The van der Waals surface area contributed by atoms with Gasteiger partial charge in [-0.15, -0.1) is 0 Å². The largest absolute Gasteiger partial charge is 0.497 e. The predicted molar refractivity (Wildman–Crippen MR) is 79.2 cm³/mol. The molecule has 0 aliphatic heterocycles. The van der Waals surface area contributed by atoms with Crippen LogP contribution in [0.5, 0.6) is 5.75 Å². The number of nitrogens with one attached hydrogen (secondary N) is 1. The molecule has 0 saturated carbocycles. The first-order valence-electron chi connectivity index (χ1n) is 5.88. The number of ether oxygens (including phenoxy) is 1. The molecule has 110 valence electrons. The molecule has 0 unspecified atom stereocenters. The second kappa shape index (κ2) is 5.80. The highest BCUT2D eigenvalue weighted by Gasteiger charge is 2.20. The number of carboxylic acid groups (broad SMARTS) is 1. The number of anilines is 2. The second-order valence-corrected chi connectivity index (χ2v) is 4.96. The van der Waals surface area contributed by atoms with Gasteiger partial charge in [-0.25, -0.2) is 4.79 Å². The van der Waals surface area contributed by atoms with Crippen LogP contribution in [0.1, 0.15) is 26.4 Å². The topological polar surface area (TPSA) is 115 Å². The zero-order valence-corrected chi connectivity index (χ0v) is 12.2. The van der Waals surface area contributed by atoms with Gasteiger partial charge < -0.3 is 20.9 Å². The van der Waals surface area contributed by atoms with E-state index in [1.54, 1.807) is 19.1 Å². The molecule has 21 heavy (non-hydrogen) atoms. The van der Waals surface area contributed by atoms with E-state index in [-0.39, 0.29) is 21.8 Å². The van der Waals surface area contributed by atoms with Gasteiger partial charge in [0.2, 0.25) is 0 Å². The minimum Gasteiger partial charge on any atom is -0.497 e. The Balaban J connectivity index is 2.33. The Labute approximate surface area is 124 Å². The number of carbonyl (C=O) groups is 2. The SMILES string of the molecule is COc1ccc(N)c(C(=O)Nc2snc(C)c2C(=O)O)c1. The van der Waals surface area contributed by atoms with Crippen molar-refractivity contribution in [3.05, 3.63) is 35.0 Å². The minimum atomic E-state index is -1.14. The molecule has 1 aromatic heterocycles. The van der Waals surface area contributed by atoms with E-state index >= 15 is 0 Å². The number of aromatic carboxylic acids is 1. The van der Waals surface area contributed by atoms with Crippen molar-refractivity contribution in [2.24, 2.45) is 0 Å². The van der Waals surface area contributed by atoms with Crippen molar-refractivity contribution in [2.75, 3.05) is 18.2 Å². The van der Waals surface area contributed by atoms with Crippen LogP contribution >= 0.6 is 11.5 Å². The summed E-state index contributed by atoms with van der Waals surface area (Å²) in [6.45, 7) is 1.56. The highest BCUT2D eigenvalue weighted by Crippen LogP contribution is 2.26. The van der Waals surface area contributed by atoms with Crippen LogP contribution < -0.4 is 15.8 Å². The van der Waals surface area contributed by atoms with E-state index in [1.807, 2.05) is 0 Å². The fourth-order valence-corrected chi connectivity index (χ4v) is 2.52. The molecule has 0 saturated heterocycles. The van der Waals surface area contributed by atoms with E-state index < -0.39 is 11.9 Å². The maximum absolute atomic E-state index is 12.2. The number of aromatic nitrogens is 1. The third kappa shape index (κ3) is 2.95. The normalized spacial score (nSPS) is 10.2. The number of carbonyl (C=O) groups excluding carboxylic acids is 1. The van der Waals surface area contributed by atoms with Gasteiger partial charge in [0, 0.05) is 5.69 Å². The van der Waals surface area contributed by atoms with Crippen molar-refractivity contribution >= 4 is 34.1 Å². The quantitative estimate of drug-likeness (QED) is 0.744. The molecule has 0 spiro atoms. The van der Waals surface area contributed by atoms with Gasteiger partial charge in [-0.05, 0) is 36.7 Å². The summed E-state index contributed by atoms with van der Waals surface area (Å²) in [5.41, 5.74) is 6.56. The Bertz CT molecular complexity index is 711. The predicted octanol–water partition coefficient (Wildman–Crippen LogP) is 1.99. The fraction of sp³-hybridized carbons (Fsp3) is 0.154. The summed E-state index contributed by atoms with van der Waals surface area (Å²) in [4.78, 5) is 23.4. The molecule has 0 aliphatic carbocycles. The van der Waals surface area contributed by atoms with Crippen LogP contribution in [0, 0.1) is 6.92 Å². The molecule has 1 heterocycles. The average Bonchev–Trinajstić information content (AvgIpc) is 2.80. The number of nitrogens with two attached hydrogens (primary N) is 1. The molecule has 0 atom stereocenters. The van der Waals surface area contributed by atoms with Crippen molar-refractivity contribution < 1.29 is 19.4 Å². The van der Waals surface area contributed by atoms with Gasteiger partial charge in [-0.3, -0.25) is 4.79 Å². The lowest BCUT2D eigenvalue weighted by molar-refractivity contribution is 0.0697. The first-order valence-corrected chi connectivity index (χ1v) is 6.65. The molecule has 7 nitrogen and oxygen atoms in total. The maximum atomic E-state index is 12.2. The summed E-state index contributed by atoms with van der Waals surface area (Å²) in [5.74, 6) is -1.18. The molecule has 8 heteroatoms.